The highest BCUT2D eigenvalue weighted by atomic mass is 79.9. The second-order valence-corrected chi connectivity index (χ2v) is 6.08. The summed E-state index contributed by atoms with van der Waals surface area (Å²) in [5, 5.41) is 2.63. The van der Waals surface area contributed by atoms with Gasteiger partial charge >= 0.3 is 0 Å². The van der Waals surface area contributed by atoms with Crippen LogP contribution in [0.25, 0.3) is 0 Å². The molecular formula is C16H18BrN3O2. The number of carbonyl (C=O) groups excluding carboxylic acids is 1. The number of para-hydroxylation sites is 1. The number of nitrogens with one attached hydrogen (secondary N) is 1. The molecule has 0 saturated carbocycles. The molecule has 1 aromatic carbocycles. The van der Waals surface area contributed by atoms with Crippen molar-refractivity contribution < 1.29 is 9.53 Å². The van der Waals surface area contributed by atoms with Crippen molar-refractivity contribution in [2.45, 2.75) is 32.8 Å². The lowest BCUT2D eigenvalue weighted by atomic mass is 10.0. The molecule has 1 heterocycles. The molecule has 0 radical (unpaired) electrons. The fourth-order valence-corrected chi connectivity index (χ4v) is 2.10. The molecule has 1 N–H and O–H groups in total. The molecule has 0 saturated heterocycles. The molecule has 1 atom stereocenters. The number of amides is 1. The van der Waals surface area contributed by atoms with Crippen LogP contribution in [0.15, 0.2) is 41.1 Å². The number of carbonyl (C=O) groups is 1. The van der Waals surface area contributed by atoms with Crippen LogP contribution in [0.4, 0.5) is 5.95 Å². The van der Waals surface area contributed by atoms with Crippen molar-refractivity contribution in [2.75, 3.05) is 5.32 Å². The monoisotopic (exact) mass is 363 g/mol. The average Bonchev–Trinajstić information content (AvgIpc) is 2.49. The Balaban J connectivity index is 2.04. The van der Waals surface area contributed by atoms with Crippen molar-refractivity contribution in [2.24, 2.45) is 0 Å². The summed E-state index contributed by atoms with van der Waals surface area (Å²) < 4.78 is 6.54. The van der Waals surface area contributed by atoms with E-state index in [0.717, 1.165) is 15.8 Å². The van der Waals surface area contributed by atoms with Gasteiger partial charge in [-0.15, -0.1) is 0 Å². The highest BCUT2D eigenvalue weighted by molar-refractivity contribution is 9.10. The minimum Gasteiger partial charge on any atom is -0.481 e. The lowest BCUT2D eigenvalue weighted by Gasteiger charge is -2.18. The van der Waals surface area contributed by atoms with E-state index in [4.69, 9.17) is 4.74 Å². The number of halogens is 1. The van der Waals surface area contributed by atoms with Crippen LogP contribution in [-0.2, 0) is 4.79 Å². The second-order valence-electron chi connectivity index (χ2n) is 5.17. The predicted molar refractivity (Wildman–Crippen MR) is 89.0 cm³/mol. The van der Waals surface area contributed by atoms with E-state index < -0.39 is 6.10 Å². The summed E-state index contributed by atoms with van der Waals surface area (Å²) >= 11 is 3.24. The topological polar surface area (TPSA) is 64.1 Å². The average molecular weight is 364 g/mol. The quantitative estimate of drug-likeness (QED) is 0.877. The van der Waals surface area contributed by atoms with E-state index in [1.165, 1.54) is 0 Å². The number of nitrogens with zero attached hydrogens (tertiary/aromatic N) is 2. The van der Waals surface area contributed by atoms with Gasteiger partial charge in [0.2, 0.25) is 5.95 Å². The molecule has 1 unspecified atom stereocenters. The third-order valence-corrected chi connectivity index (χ3v) is 3.48. The minimum atomic E-state index is -0.646. The van der Waals surface area contributed by atoms with E-state index in [2.05, 4.69) is 45.1 Å². The number of hydrogen-bond acceptors (Lipinski definition) is 4. The molecular weight excluding hydrogens is 346 g/mol. The molecule has 2 aromatic rings. The lowest BCUT2D eigenvalue weighted by molar-refractivity contribution is -0.122. The van der Waals surface area contributed by atoms with Gasteiger partial charge in [-0.3, -0.25) is 10.1 Å². The number of aromatic nitrogens is 2. The smallest absolute Gasteiger partial charge is 0.267 e. The summed E-state index contributed by atoms with van der Waals surface area (Å²) in [5.41, 5.74) is 1.07. The Morgan fingerprint density at radius 2 is 1.82 bits per heavy atom. The van der Waals surface area contributed by atoms with E-state index in [1.54, 1.807) is 19.3 Å². The van der Waals surface area contributed by atoms with Crippen molar-refractivity contribution in [1.29, 1.82) is 0 Å². The number of anilines is 1. The first-order chi connectivity index (χ1) is 10.5. The van der Waals surface area contributed by atoms with Crippen LogP contribution in [0, 0.1) is 0 Å². The molecule has 0 bridgehead atoms. The fraction of sp³-hybridized carbons (Fsp3) is 0.312. The molecule has 116 valence electrons. The second kappa shape index (κ2) is 7.35. The SMILES string of the molecule is CC(Oc1ccccc1C(C)C)C(=O)Nc1ncc(Br)cn1. The normalized spacial score (nSPS) is 12.0. The molecule has 2 rings (SSSR count). The van der Waals surface area contributed by atoms with Crippen molar-refractivity contribution >= 4 is 27.8 Å². The van der Waals surface area contributed by atoms with Crippen molar-refractivity contribution in [3.63, 3.8) is 0 Å². The summed E-state index contributed by atoms with van der Waals surface area (Å²) in [6, 6.07) is 7.73. The molecule has 1 amide bonds. The summed E-state index contributed by atoms with van der Waals surface area (Å²) in [6.45, 7) is 5.87. The molecule has 0 aliphatic rings. The molecule has 6 heteroatoms. The molecule has 5 nitrogen and oxygen atoms in total. The van der Waals surface area contributed by atoms with E-state index in [1.807, 2.05) is 24.3 Å². The summed E-state index contributed by atoms with van der Waals surface area (Å²) in [5.74, 6) is 1.000. The Kier molecular flexibility index (Phi) is 5.49. The van der Waals surface area contributed by atoms with Gasteiger partial charge in [-0.05, 0) is 40.4 Å². The van der Waals surface area contributed by atoms with E-state index >= 15 is 0 Å². The van der Waals surface area contributed by atoms with Gasteiger partial charge < -0.3 is 4.74 Å². The largest absolute Gasteiger partial charge is 0.481 e. The van der Waals surface area contributed by atoms with Gasteiger partial charge in [-0.25, -0.2) is 9.97 Å². The van der Waals surface area contributed by atoms with E-state index in [-0.39, 0.29) is 11.9 Å². The first-order valence-electron chi connectivity index (χ1n) is 7.01. The minimum absolute atomic E-state index is 0.251. The van der Waals surface area contributed by atoms with Crippen LogP contribution in [0.5, 0.6) is 5.75 Å². The van der Waals surface area contributed by atoms with Crippen molar-refractivity contribution in [3.8, 4) is 5.75 Å². The Labute approximate surface area is 138 Å². The van der Waals surface area contributed by atoms with Crippen LogP contribution in [0.2, 0.25) is 0 Å². The van der Waals surface area contributed by atoms with Crippen LogP contribution in [-0.4, -0.2) is 22.0 Å². The van der Waals surface area contributed by atoms with Crippen LogP contribution < -0.4 is 10.1 Å². The van der Waals surface area contributed by atoms with E-state index in [0.29, 0.717) is 5.92 Å². The Bertz CT molecular complexity index is 644. The third-order valence-electron chi connectivity index (χ3n) is 3.07. The van der Waals surface area contributed by atoms with Gasteiger partial charge in [0.05, 0.1) is 4.47 Å². The molecule has 0 spiro atoms. The van der Waals surface area contributed by atoms with Crippen LogP contribution >= 0.6 is 15.9 Å². The molecule has 1 aromatic heterocycles. The zero-order valence-corrected chi connectivity index (χ0v) is 14.3. The fourth-order valence-electron chi connectivity index (χ4n) is 1.90. The van der Waals surface area contributed by atoms with Gasteiger partial charge in [0, 0.05) is 12.4 Å². The van der Waals surface area contributed by atoms with Gasteiger partial charge in [0.25, 0.3) is 5.91 Å². The van der Waals surface area contributed by atoms with Crippen molar-refractivity contribution in [3.05, 3.63) is 46.7 Å². The molecule has 0 aliphatic heterocycles. The van der Waals surface area contributed by atoms with Crippen LogP contribution in [0.3, 0.4) is 0 Å². The maximum Gasteiger partial charge on any atom is 0.267 e. The maximum atomic E-state index is 12.2. The van der Waals surface area contributed by atoms with Crippen LogP contribution in [0.1, 0.15) is 32.3 Å². The standard InChI is InChI=1S/C16H18BrN3O2/c1-10(2)13-6-4-5-7-14(13)22-11(3)15(21)20-16-18-8-12(17)9-19-16/h4-11H,1-3H3,(H,18,19,20,21). The summed E-state index contributed by atoms with van der Waals surface area (Å²) in [6.07, 6.45) is 2.50. The van der Waals surface area contributed by atoms with E-state index in [9.17, 15) is 4.79 Å². The number of rotatable bonds is 5. The predicted octanol–water partition coefficient (Wildman–Crippen LogP) is 3.77. The van der Waals surface area contributed by atoms with Gasteiger partial charge in [-0.2, -0.15) is 0 Å². The highest BCUT2D eigenvalue weighted by Gasteiger charge is 2.18. The third kappa shape index (κ3) is 4.27. The van der Waals surface area contributed by atoms with Gasteiger partial charge in [0.1, 0.15) is 5.75 Å². The van der Waals surface area contributed by atoms with Gasteiger partial charge in [0.15, 0.2) is 6.10 Å². The zero-order chi connectivity index (χ0) is 16.1. The summed E-state index contributed by atoms with van der Waals surface area (Å²) in [7, 11) is 0. The first-order valence-corrected chi connectivity index (χ1v) is 7.80. The van der Waals surface area contributed by atoms with Crippen molar-refractivity contribution in [1.82, 2.24) is 9.97 Å². The maximum absolute atomic E-state index is 12.2. The number of benzene rings is 1. The Hall–Kier alpha value is -1.95. The summed E-state index contributed by atoms with van der Waals surface area (Å²) in [4.78, 5) is 20.2. The Morgan fingerprint density at radius 1 is 1.18 bits per heavy atom. The number of hydrogen-bond donors (Lipinski definition) is 1. The Morgan fingerprint density at radius 3 is 2.45 bits per heavy atom. The number of ether oxygens (including phenoxy) is 1. The molecule has 0 fully saturated rings. The highest BCUT2D eigenvalue weighted by Crippen LogP contribution is 2.26. The molecule has 0 aliphatic carbocycles. The zero-order valence-electron chi connectivity index (χ0n) is 12.7. The van der Waals surface area contributed by atoms with Gasteiger partial charge in [-0.1, -0.05) is 32.0 Å². The molecule has 22 heavy (non-hydrogen) atoms. The first kappa shape index (κ1) is 16.4. The lowest BCUT2D eigenvalue weighted by Crippen LogP contribution is -2.31.